The maximum Gasteiger partial charge on any atom is 0.0819 e. The summed E-state index contributed by atoms with van der Waals surface area (Å²) >= 11 is 9.50. The zero-order valence-corrected chi connectivity index (χ0v) is 11.5. The molecule has 0 aliphatic rings. The van der Waals surface area contributed by atoms with E-state index in [0.717, 1.165) is 16.7 Å². The Balaban J connectivity index is 2.55. The van der Waals surface area contributed by atoms with Gasteiger partial charge < -0.3 is 0 Å². The lowest BCUT2D eigenvalue weighted by atomic mass is 10.1. The van der Waals surface area contributed by atoms with E-state index in [0.29, 0.717) is 5.02 Å². The Bertz CT molecular complexity index is 500. The number of hydrogen-bond donors (Lipinski definition) is 0. The van der Waals surface area contributed by atoms with E-state index >= 15 is 0 Å². The number of aryl methyl sites for hydroxylation is 2. The molecule has 84 valence electrons. The van der Waals surface area contributed by atoms with Crippen molar-refractivity contribution in [2.45, 2.75) is 19.2 Å². The number of hydrogen-bond acceptors (Lipinski definition) is 1. The van der Waals surface area contributed by atoms with Gasteiger partial charge in [-0.1, -0.05) is 45.2 Å². The summed E-state index contributed by atoms with van der Waals surface area (Å²) < 4.78 is 1.83. The molecule has 0 atom stereocenters. The molecule has 16 heavy (non-hydrogen) atoms. The van der Waals surface area contributed by atoms with Gasteiger partial charge in [0, 0.05) is 11.5 Å². The molecule has 0 amide bonds. The van der Waals surface area contributed by atoms with Crippen LogP contribution in [0.3, 0.4) is 0 Å². The van der Waals surface area contributed by atoms with E-state index in [2.05, 4.69) is 46.2 Å². The van der Waals surface area contributed by atoms with E-state index in [9.17, 15) is 0 Å². The number of alkyl halides is 1. The Morgan fingerprint density at radius 2 is 2.12 bits per heavy atom. The third-order valence-electron chi connectivity index (χ3n) is 2.46. The van der Waals surface area contributed by atoms with Crippen LogP contribution in [0.5, 0.6) is 0 Å². The van der Waals surface area contributed by atoms with Gasteiger partial charge in [0.2, 0.25) is 0 Å². The molecule has 0 unspecified atom stereocenters. The number of nitrogens with zero attached hydrogens (tertiary/aromatic N) is 2. The first-order valence-electron chi connectivity index (χ1n) is 4.99. The van der Waals surface area contributed by atoms with E-state index < -0.39 is 0 Å². The van der Waals surface area contributed by atoms with Crippen LogP contribution in [-0.4, -0.2) is 9.78 Å². The van der Waals surface area contributed by atoms with Crippen molar-refractivity contribution in [1.82, 2.24) is 9.78 Å². The molecule has 1 aromatic carbocycles. The average Bonchev–Trinajstić information content (AvgIpc) is 2.59. The fourth-order valence-corrected chi connectivity index (χ4v) is 2.19. The molecule has 0 fully saturated rings. The molecule has 0 aliphatic heterocycles. The van der Waals surface area contributed by atoms with Crippen LogP contribution in [0.15, 0.2) is 24.4 Å². The van der Waals surface area contributed by atoms with Crippen molar-refractivity contribution in [3.8, 4) is 5.69 Å². The van der Waals surface area contributed by atoms with E-state index in [4.69, 9.17) is 11.6 Å². The standard InChI is InChI=1S/C12H12BrClN2/c1-8-3-4-12(10(5-8)6-13)16-7-11(14)9(2)15-16/h3-5,7H,6H2,1-2H3. The number of aromatic nitrogens is 2. The number of benzene rings is 1. The van der Waals surface area contributed by atoms with Crippen LogP contribution in [0.2, 0.25) is 5.02 Å². The smallest absolute Gasteiger partial charge is 0.0819 e. The molecular weight excluding hydrogens is 288 g/mol. The highest BCUT2D eigenvalue weighted by Gasteiger charge is 2.07. The molecule has 1 heterocycles. The summed E-state index contributed by atoms with van der Waals surface area (Å²) in [4.78, 5) is 0. The van der Waals surface area contributed by atoms with Crippen LogP contribution in [0.1, 0.15) is 16.8 Å². The topological polar surface area (TPSA) is 17.8 Å². The molecule has 2 aromatic rings. The monoisotopic (exact) mass is 298 g/mol. The van der Waals surface area contributed by atoms with Crippen LogP contribution in [0.25, 0.3) is 5.69 Å². The summed E-state index contributed by atoms with van der Waals surface area (Å²) in [5, 5.41) is 5.88. The zero-order chi connectivity index (χ0) is 11.7. The molecule has 0 radical (unpaired) electrons. The van der Waals surface area contributed by atoms with Crippen molar-refractivity contribution in [1.29, 1.82) is 0 Å². The lowest BCUT2D eigenvalue weighted by Crippen LogP contribution is -1.99. The minimum Gasteiger partial charge on any atom is -0.239 e. The third-order valence-corrected chi connectivity index (χ3v) is 3.44. The number of rotatable bonds is 2. The molecule has 4 heteroatoms. The number of halogens is 2. The second-order valence-corrected chi connectivity index (χ2v) is 4.74. The van der Waals surface area contributed by atoms with Gasteiger partial charge in [-0.15, -0.1) is 0 Å². The minimum atomic E-state index is 0.695. The first-order valence-corrected chi connectivity index (χ1v) is 6.49. The molecule has 0 saturated carbocycles. The van der Waals surface area contributed by atoms with Crippen LogP contribution >= 0.6 is 27.5 Å². The first-order chi connectivity index (χ1) is 7.61. The van der Waals surface area contributed by atoms with Crippen molar-refractivity contribution in [2.75, 3.05) is 0 Å². The molecule has 2 nitrogen and oxygen atoms in total. The molecule has 0 spiro atoms. The Kier molecular flexibility index (Phi) is 3.36. The Hall–Kier alpha value is -0.800. The van der Waals surface area contributed by atoms with Crippen LogP contribution in [-0.2, 0) is 5.33 Å². The molecular formula is C12H12BrClN2. The molecule has 0 bridgehead atoms. The lowest BCUT2D eigenvalue weighted by molar-refractivity contribution is 0.854. The Morgan fingerprint density at radius 3 is 2.69 bits per heavy atom. The first kappa shape index (κ1) is 11.7. The summed E-state index contributed by atoms with van der Waals surface area (Å²) in [5.74, 6) is 0. The minimum absolute atomic E-state index is 0.695. The summed E-state index contributed by atoms with van der Waals surface area (Å²) in [6.45, 7) is 3.98. The molecule has 0 N–H and O–H groups in total. The largest absolute Gasteiger partial charge is 0.239 e. The normalized spacial score (nSPS) is 10.8. The van der Waals surface area contributed by atoms with Crippen LogP contribution in [0, 0.1) is 13.8 Å². The van der Waals surface area contributed by atoms with Crippen molar-refractivity contribution in [3.63, 3.8) is 0 Å². The second kappa shape index (κ2) is 4.60. The predicted molar refractivity (Wildman–Crippen MR) is 70.7 cm³/mol. The zero-order valence-electron chi connectivity index (χ0n) is 9.17. The maximum absolute atomic E-state index is 6.01. The van der Waals surface area contributed by atoms with Crippen LogP contribution in [0.4, 0.5) is 0 Å². The molecule has 0 saturated heterocycles. The van der Waals surface area contributed by atoms with Crippen molar-refractivity contribution in [2.24, 2.45) is 0 Å². The lowest BCUT2D eigenvalue weighted by Gasteiger charge is -2.08. The highest BCUT2D eigenvalue weighted by atomic mass is 79.9. The second-order valence-electron chi connectivity index (χ2n) is 3.77. The summed E-state index contributed by atoms with van der Waals surface area (Å²) in [5.41, 5.74) is 4.37. The van der Waals surface area contributed by atoms with E-state index in [1.807, 2.05) is 17.8 Å². The van der Waals surface area contributed by atoms with E-state index in [1.54, 1.807) is 0 Å². The summed E-state index contributed by atoms with van der Waals surface area (Å²) in [6, 6.07) is 6.29. The van der Waals surface area contributed by atoms with Crippen molar-refractivity contribution < 1.29 is 0 Å². The van der Waals surface area contributed by atoms with Gasteiger partial charge in [-0.25, -0.2) is 4.68 Å². The highest BCUT2D eigenvalue weighted by molar-refractivity contribution is 9.08. The van der Waals surface area contributed by atoms with Gasteiger partial charge >= 0.3 is 0 Å². The van der Waals surface area contributed by atoms with Gasteiger partial charge in [0.25, 0.3) is 0 Å². The average molecular weight is 300 g/mol. The van der Waals surface area contributed by atoms with Gasteiger partial charge in [0.15, 0.2) is 0 Å². The Labute approximate surface area is 108 Å². The van der Waals surface area contributed by atoms with E-state index in [-0.39, 0.29) is 0 Å². The molecule has 1 aromatic heterocycles. The van der Waals surface area contributed by atoms with Crippen molar-refractivity contribution in [3.05, 3.63) is 46.2 Å². The van der Waals surface area contributed by atoms with Gasteiger partial charge in [-0.05, 0) is 25.5 Å². The van der Waals surface area contributed by atoms with Gasteiger partial charge in [-0.2, -0.15) is 5.10 Å². The summed E-state index contributed by atoms with van der Waals surface area (Å²) in [7, 11) is 0. The highest BCUT2D eigenvalue weighted by Crippen LogP contribution is 2.21. The quantitative estimate of drug-likeness (QED) is 0.765. The SMILES string of the molecule is Cc1ccc(-n2cc(Cl)c(C)n2)c(CBr)c1. The van der Waals surface area contributed by atoms with Gasteiger partial charge in [0.05, 0.1) is 16.4 Å². The van der Waals surface area contributed by atoms with Crippen LogP contribution < -0.4 is 0 Å². The summed E-state index contributed by atoms with van der Waals surface area (Å²) in [6.07, 6.45) is 1.84. The van der Waals surface area contributed by atoms with Gasteiger partial charge in [-0.3, -0.25) is 0 Å². The fraction of sp³-hybridized carbons (Fsp3) is 0.250. The van der Waals surface area contributed by atoms with Crippen molar-refractivity contribution >= 4 is 27.5 Å². The Morgan fingerprint density at radius 1 is 1.38 bits per heavy atom. The fourth-order valence-electron chi connectivity index (χ4n) is 1.61. The molecule has 0 aliphatic carbocycles. The van der Waals surface area contributed by atoms with E-state index in [1.165, 1.54) is 11.1 Å². The predicted octanol–water partition coefficient (Wildman–Crippen LogP) is 4.04. The molecule has 2 rings (SSSR count). The third kappa shape index (κ3) is 2.15. The van der Waals surface area contributed by atoms with Gasteiger partial charge in [0.1, 0.15) is 0 Å². The maximum atomic E-state index is 6.01.